The minimum Gasteiger partial charge on any atom is -0.306 e. The molecule has 2 rings (SSSR count). The molecule has 0 aliphatic rings. The summed E-state index contributed by atoms with van der Waals surface area (Å²) in [6.07, 6.45) is 0. The Hall–Kier alpha value is -2.01. The summed E-state index contributed by atoms with van der Waals surface area (Å²) in [5.74, 6) is 5.16. The third kappa shape index (κ3) is 2.24. The van der Waals surface area contributed by atoms with Crippen LogP contribution >= 0.6 is 0 Å². The number of nitrogens with two attached hydrogens (primary N) is 1. The highest BCUT2D eigenvalue weighted by Gasteiger charge is 2.11. The normalized spacial score (nSPS) is 10.4. The smallest absolute Gasteiger partial charge is 0.187 e. The molecule has 0 aliphatic heterocycles. The summed E-state index contributed by atoms with van der Waals surface area (Å²) in [6, 6.07) is 7.69. The van der Waals surface area contributed by atoms with Gasteiger partial charge in [-0.3, -0.25) is 0 Å². The van der Waals surface area contributed by atoms with Crippen molar-refractivity contribution < 1.29 is 4.39 Å². The molecule has 88 valence electrons. The van der Waals surface area contributed by atoms with E-state index in [-0.39, 0.29) is 11.5 Å². The molecule has 1 aromatic carbocycles. The molecule has 17 heavy (non-hydrogen) atoms. The highest BCUT2D eigenvalue weighted by molar-refractivity contribution is 5.58. The van der Waals surface area contributed by atoms with Gasteiger partial charge in [0.25, 0.3) is 0 Å². The Morgan fingerprint density at radius 1 is 1.24 bits per heavy atom. The van der Waals surface area contributed by atoms with Crippen LogP contribution in [0.25, 0.3) is 11.4 Å². The second kappa shape index (κ2) is 4.47. The van der Waals surface area contributed by atoms with E-state index in [1.165, 1.54) is 0 Å². The van der Waals surface area contributed by atoms with Crippen LogP contribution in [0.1, 0.15) is 11.3 Å². The molecule has 0 atom stereocenters. The molecule has 2 aromatic rings. The zero-order valence-corrected chi connectivity index (χ0v) is 9.66. The first-order valence-corrected chi connectivity index (χ1v) is 5.19. The van der Waals surface area contributed by atoms with Crippen molar-refractivity contribution in [3.8, 4) is 11.4 Å². The molecular weight excluding hydrogens is 219 g/mol. The van der Waals surface area contributed by atoms with Crippen LogP contribution in [-0.4, -0.2) is 9.97 Å². The molecule has 0 saturated heterocycles. The predicted octanol–water partition coefficient (Wildman–Crippen LogP) is 2.19. The van der Waals surface area contributed by atoms with Crippen LogP contribution in [0.4, 0.5) is 10.2 Å². The topological polar surface area (TPSA) is 63.8 Å². The maximum Gasteiger partial charge on any atom is 0.187 e. The number of hydrogen-bond acceptors (Lipinski definition) is 4. The van der Waals surface area contributed by atoms with Crippen molar-refractivity contribution in [2.75, 3.05) is 5.43 Å². The van der Waals surface area contributed by atoms with Crippen molar-refractivity contribution in [2.45, 2.75) is 13.8 Å². The SMILES string of the molecule is Cc1cccc(-c2nc(C)c(F)c(NN)n2)c1. The molecule has 0 radical (unpaired) electrons. The van der Waals surface area contributed by atoms with E-state index in [9.17, 15) is 4.39 Å². The van der Waals surface area contributed by atoms with Gasteiger partial charge >= 0.3 is 0 Å². The minimum atomic E-state index is -0.524. The van der Waals surface area contributed by atoms with Gasteiger partial charge in [0.15, 0.2) is 17.5 Å². The van der Waals surface area contributed by atoms with Crippen molar-refractivity contribution in [3.63, 3.8) is 0 Å². The van der Waals surface area contributed by atoms with Crippen molar-refractivity contribution in [1.82, 2.24) is 9.97 Å². The third-order valence-corrected chi connectivity index (χ3v) is 2.43. The van der Waals surface area contributed by atoms with Gasteiger partial charge in [-0.2, -0.15) is 0 Å². The Bertz CT molecular complexity index is 554. The van der Waals surface area contributed by atoms with E-state index >= 15 is 0 Å². The van der Waals surface area contributed by atoms with Crippen LogP contribution in [-0.2, 0) is 0 Å². The Kier molecular flexibility index (Phi) is 3.01. The Morgan fingerprint density at radius 3 is 2.65 bits per heavy atom. The first kappa shape index (κ1) is 11.5. The summed E-state index contributed by atoms with van der Waals surface area (Å²) in [4.78, 5) is 8.15. The van der Waals surface area contributed by atoms with Gasteiger partial charge in [0.05, 0.1) is 5.69 Å². The van der Waals surface area contributed by atoms with Gasteiger partial charge in [-0.05, 0) is 19.9 Å². The summed E-state index contributed by atoms with van der Waals surface area (Å²) < 4.78 is 13.5. The summed E-state index contributed by atoms with van der Waals surface area (Å²) in [6.45, 7) is 3.55. The van der Waals surface area contributed by atoms with Crippen molar-refractivity contribution in [3.05, 3.63) is 41.3 Å². The maximum atomic E-state index is 13.5. The van der Waals surface area contributed by atoms with Gasteiger partial charge < -0.3 is 5.43 Å². The molecule has 1 heterocycles. The van der Waals surface area contributed by atoms with E-state index in [4.69, 9.17) is 5.84 Å². The van der Waals surface area contributed by atoms with Gasteiger partial charge in [0.1, 0.15) is 0 Å². The monoisotopic (exact) mass is 232 g/mol. The van der Waals surface area contributed by atoms with Crippen LogP contribution < -0.4 is 11.3 Å². The number of benzene rings is 1. The quantitative estimate of drug-likeness (QED) is 0.615. The van der Waals surface area contributed by atoms with E-state index in [0.717, 1.165) is 11.1 Å². The van der Waals surface area contributed by atoms with E-state index in [0.29, 0.717) is 5.82 Å². The molecule has 5 heteroatoms. The summed E-state index contributed by atoms with van der Waals surface area (Å²) in [5, 5.41) is 0. The second-order valence-electron chi connectivity index (χ2n) is 3.81. The highest BCUT2D eigenvalue weighted by Crippen LogP contribution is 2.21. The Labute approximate surface area is 98.7 Å². The second-order valence-corrected chi connectivity index (χ2v) is 3.81. The number of hydrogen-bond donors (Lipinski definition) is 2. The third-order valence-electron chi connectivity index (χ3n) is 2.43. The van der Waals surface area contributed by atoms with Crippen LogP contribution in [0.2, 0.25) is 0 Å². The zero-order valence-electron chi connectivity index (χ0n) is 9.66. The van der Waals surface area contributed by atoms with Crippen molar-refractivity contribution in [1.29, 1.82) is 0 Å². The zero-order chi connectivity index (χ0) is 12.4. The molecule has 4 nitrogen and oxygen atoms in total. The van der Waals surface area contributed by atoms with Crippen LogP contribution in [0.3, 0.4) is 0 Å². The minimum absolute atomic E-state index is 0.00834. The van der Waals surface area contributed by atoms with Crippen molar-refractivity contribution in [2.24, 2.45) is 5.84 Å². The van der Waals surface area contributed by atoms with E-state index < -0.39 is 5.82 Å². The van der Waals surface area contributed by atoms with Gasteiger partial charge in [-0.25, -0.2) is 20.2 Å². The lowest BCUT2D eigenvalue weighted by Gasteiger charge is -2.07. The number of hydrazine groups is 1. The molecule has 1 aromatic heterocycles. The molecule has 0 amide bonds. The number of rotatable bonds is 2. The average Bonchev–Trinajstić information content (AvgIpc) is 2.32. The number of aromatic nitrogens is 2. The summed E-state index contributed by atoms with van der Waals surface area (Å²) >= 11 is 0. The Morgan fingerprint density at radius 2 is 2.00 bits per heavy atom. The average molecular weight is 232 g/mol. The molecule has 3 N–H and O–H groups in total. The van der Waals surface area contributed by atoms with Crippen LogP contribution in [0.5, 0.6) is 0 Å². The first-order chi connectivity index (χ1) is 8.11. The van der Waals surface area contributed by atoms with E-state index in [1.807, 2.05) is 31.2 Å². The van der Waals surface area contributed by atoms with Crippen molar-refractivity contribution >= 4 is 5.82 Å². The molecule has 0 spiro atoms. The fourth-order valence-corrected chi connectivity index (χ4v) is 1.57. The predicted molar refractivity (Wildman–Crippen MR) is 64.7 cm³/mol. The van der Waals surface area contributed by atoms with Gasteiger partial charge in [0.2, 0.25) is 0 Å². The number of anilines is 1. The number of nitrogens with one attached hydrogen (secondary N) is 1. The lowest BCUT2D eigenvalue weighted by Crippen LogP contribution is -2.13. The van der Waals surface area contributed by atoms with E-state index in [1.54, 1.807) is 6.92 Å². The fraction of sp³-hybridized carbons (Fsp3) is 0.167. The van der Waals surface area contributed by atoms with Gasteiger partial charge in [-0.1, -0.05) is 23.8 Å². The summed E-state index contributed by atoms with van der Waals surface area (Å²) in [7, 11) is 0. The Balaban J connectivity index is 2.56. The number of nitrogen functional groups attached to an aromatic ring is 1. The van der Waals surface area contributed by atoms with E-state index in [2.05, 4.69) is 15.4 Å². The maximum absolute atomic E-state index is 13.5. The van der Waals surface area contributed by atoms with Gasteiger partial charge in [0, 0.05) is 5.56 Å². The highest BCUT2D eigenvalue weighted by atomic mass is 19.1. The molecule has 0 aliphatic carbocycles. The number of nitrogens with zero attached hydrogens (tertiary/aromatic N) is 2. The number of halogens is 1. The number of aryl methyl sites for hydroxylation is 2. The lowest BCUT2D eigenvalue weighted by atomic mass is 10.1. The largest absolute Gasteiger partial charge is 0.306 e. The standard InChI is InChI=1S/C12H13FN4/c1-7-4-3-5-9(6-7)11-15-8(2)10(13)12(16-11)17-14/h3-6H,14H2,1-2H3,(H,15,16,17). The molecule has 0 saturated carbocycles. The van der Waals surface area contributed by atoms with Crippen LogP contribution in [0, 0.1) is 19.7 Å². The van der Waals surface area contributed by atoms with Crippen LogP contribution in [0.15, 0.2) is 24.3 Å². The summed E-state index contributed by atoms with van der Waals surface area (Å²) in [5.41, 5.74) is 4.43. The molecule has 0 bridgehead atoms. The van der Waals surface area contributed by atoms with Gasteiger partial charge in [-0.15, -0.1) is 0 Å². The fourth-order valence-electron chi connectivity index (χ4n) is 1.57. The first-order valence-electron chi connectivity index (χ1n) is 5.19. The molecule has 0 fully saturated rings. The lowest BCUT2D eigenvalue weighted by molar-refractivity contribution is 0.606. The molecular formula is C12H13FN4. The molecule has 0 unspecified atom stereocenters.